The Balaban J connectivity index is 1.68. The Bertz CT molecular complexity index is 1030. The fourth-order valence-corrected chi connectivity index (χ4v) is 3.13. The van der Waals surface area contributed by atoms with E-state index < -0.39 is 0 Å². The van der Waals surface area contributed by atoms with Gasteiger partial charge in [-0.2, -0.15) is 4.98 Å². The predicted octanol–water partition coefficient (Wildman–Crippen LogP) is 2.66. The number of anilines is 5. The van der Waals surface area contributed by atoms with Gasteiger partial charge in [0.2, 0.25) is 11.9 Å². The molecular formula is C21H23N7O2. The zero-order valence-corrected chi connectivity index (χ0v) is 16.6. The van der Waals surface area contributed by atoms with E-state index in [-0.39, 0.29) is 5.91 Å². The van der Waals surface area contributed by atoms with Gasteiger partial charge in [0.15, 0.2) is 0 Å². The van der Waals surface area contributed by atoms with Crippen LogP contribution >= 0.6 is 0 Å². The number of rotatable bonds is 5. The first-order valence-corrected chi connectivity index (χ1v) is 9.65. The van der Waals surface area contributed by atoms with Gasteiger partial charge in [0, 0.05) is 49.2 Å². The highest BCUT2D eigenvalue weighted by Crippen LogP contribution is 2.26. The number of morpholine rings is 1. The summed E-state index contributed by atoms with van der Waals surface area (Å²) in [6.07, 6.45) is 1.70. The van der Waals surface area contributed by atoms with E-state index in [0.717, 1.165) is 30.0 Å². The van der Waals surface area contributed by atoms with Gasteiger partial charge in [0.05, 0.1) is 18.9 Å². The number of carbonyl (C=O) groups excluding carboxylic acids is 1. The first-order chi connectivity index (χ1) is 14.6. The fourth-order valence-electron chi connectivity index (χ4n) is 3.13. The number of ether oxygens (including phenoxy) is 1. The van der Waals surface area contributed by atoms with Crippen LogP contribution < -0.4 is 21.3 Å². The number of nitrogens with one attached hydrogen (secondary N) is 2. The van der Waals surface area contributed by atoms with Crippen molar-refractivity contribution in [1.82, 2.24) is 15.0 Å². The normalized spacial score (nSPS) is 13.7. The summed E-state index contributed by atoms with van der Waals surface area (Å²) in [5, 5.41) is 6.10. The lowest BCUT2D eigenvalue weighted by Crippen LogP contribution is -2.37. The number of amides is 1. The average molecular weight is 405 g/mol. The third-order valence-electron chi connectivity index (χ3n) is 4.55. The number of aromatic nitrogens is 3. The zero-order chi connectivity index (χ0) is 20.9. The molecule has 0 unspecified atom stereocenters. The summed E-state index contributed by atoms with van der Waals surface area (Å²) in [7, 11) is 0. The van der Waals surface area contributed by atoms with E-state index in [1.54, 1.807) is 12.3 Å². The van der Waals surface area contributed by atoms with Crippen molar-refractivity contribution in [3.05, 3.63) is 48.7 Å². The van der Waals surface area contributed by atoms with Crippen molar-refractivity contribution >= 4 is 34.9 Å². The highest BCUT2D eigenvalue weighted by Gasteiger charge is 2.17. The molecule has 154 valence electrons. The molecule has 1 aromatic carbocycles. The Morgan fingerprint density at radius 1 is 1.10 bits per heavy atom. The van der Waals surface area contributed by atoms with Crippen molar-refractivity contribution in [3.8, 4) is 11.3 Å². The van der Waals surface area contributed by atoms with Crippen LogP contribution in [0.2, 0.25) is 0 Å². The van der Waals surface area contributed by atoms with E-state index >= 15 is 0 Å². The maximum Gasteiger partial charge on any atom is 0.228 e. The Labute approximate surface area is 174 Å². The van der Waals surface area contributed by atoms with E-state index in [1.165, 1.54) is 6.92 Å². The van der Waals surface area contributed by atoms with Gasteiger partial charge in [0.25, 0.3) is 0 Å². The maximum atomic E-state index is 11.3. The summed E-state index contributed by atoms with van der Waals surface area (Å²) in [6, 6.07) is 12.9. The monoisotopic (exact) mass is 405 g/mol. The lowest BCUT2D eigenvalue weighted by Gasteiger charge is -2.27. The maximum absolute atomic E-state index is 11.3. The first kappa shape index (κ1) is 19.6. The fraction of sp³-hybridized carbons (Fsp3) is 0.238. The highest BCUT2D eigenvalue weighted by atomic mass is 16.5. The standard InChI is InChI=1S/C21H23N7O2/c1-14(29)24-16-3-2-4-17(11-16)25-20-12-18(15-5-6-19(22)23-13-15)26-21(27-20)28-7-9-30-10-8-28/h2-6,11-13H,7-10H2,1H3,(H2,22,23)(H,24,29)(H,25,26,27). The number of nitrogen functional groups attached to an aromatic ring is 1. The minimum absolute atomic E-state index is 0.123. The second-order valence-electron chi connectivity index (χ2n) is 6.90. The SMILES string of the molecule is CC(=O)Nc1cccc(Nc2cc(-c3ccc(N)nc3)nc(N3CCOCC3)n2)c1. The third kappa shape index (κ3) is 4.81. The molecule has 30 heavy (non-hydrogen) atoms. The van der Waals surface area contributed by atoms with Crippen LogP contribution in [0, 0.1) is 0 Å². The summed E-state index contributed by atoms with van der Waals surface area (Å²) >= 11 is 0. The van der Waals surface area contributed by atoms with Gasteiger partial charge in [-0.3, -0.25) is 4.79 Å². The summed E-state index contributed by atoms with van der Waals surface area (Å²) in [6.45, 7) is 4.20. The van der Waals surface area contributed by atoms with Gasteiger partial charge in [-0.1, -0.05) is 6.07 Å². The number of nitrogens with two attached hydrogens (primary N) is 1. The molecule has 0 saturated carbocycles. The molecule has 0 atom stereocenters. The summed E-state index contributed by atoms with van der Waals surface area (Å²) < 4.78 is 5.45. The van der Waals surface area contributed by atoms with Gasteiger partial charge in [-0.15, -0.1) is 0 Å². The van der Waals surface area contributed by atoms with Crippen LogP contribution in [0.25, 0.3) is 11.3 Å². The van der Waals surface area contributed by atoms with Crippen LogP contribution in [0.5, 0.6) is 0 Å². The minimum atomic E-state index is -0.123. The molecule has 9 nitrogen and oxygen atoms in total. The highest BCUT2D eigenvalue weighted by molar-refractivity contribution is 5.89. The number of benzene rings is 1. The van der Waals surface area contributed by atoms with Crippen LogP contribution in [-0.2, 0) is 9.53 Å². The van der Waals surface area contributed by atoms with E-state index in [1.807, 2.05) is 36.4 Å². The van der Waals surface area contributed by atoms with Crippen molar-refractivity contribution in [2.75, 3.05) is 47.6 Å². The van der Waals surface area contributed by atoms with Gasteiger partial charge in [-0.05, 0) is 30.3 Å². The zero-order valence-electron chi connectivity index (χ0n) is 16.6. The van der Waals surface area contributed by atoms with Crippen LogP contribution in [0.4, 0.5) is 29.0 Å². The molecule has 0 radical (unpaired) electrons. The molecule has 0 bridgehead atoms. The van der Waals surface area contributed by atoms with Gasteiger partial charge < -0.3 is 26.0 Å². The van der Waals surface area contributed by atoms with Crippen LogP contribution in [0.1, 0.15) is 6.92 Å². The quantitative estimate of drug-likeness (QED) is 0.593. The predicted molar refractivity (Wildman–Crippen MR) is 117 cm³/mol. The van der Waals surface area contributed by atoms with Crippen LogP contribution in [-0.4, -0.2) is 47.2 Å². The molecule has 1 aliphatic heterocycles. The van der Waals surface area contributed by atoms with Gasteiger partial charge in [-0.25, -0.2) is 9.97 Å². The van der Waals surface area contributed by atoms with Crippen molar-refractivity contribution in [2.24, 2.45) is 0 Å². The molecule has 9 heteroatoms. The van der Waals surface area contributed by atoms with Gasteiger partial charge in [0.1, 0.15) is 11.6 Å². The molecule has 4 rings (SSSR count). The summed E-state index contributed by atoms with van der Waals surface area (Å²) in [5.74, 6) is 1.59. The molecule has 0 aliphatic carbocycles. The second kappa shape index (κ2) is 8.75. The molecule has 4 N–H and O–H groups in total. The topological polar surface area (TPSA) is 118 Å². The Kier molecular flexibility index (Phi) is 5.71. The molecule has 0 spiro atoms. The first-order valence-electron chi connectivity index (χ1n) is 9.65. The molecule has 1 aliphatic rings. The van der Waals surface area contributed by atoms with Gasteiger partial charge >= 0.3 is 0 Å². The number of hydrogen-bond donors (Lipinski definition) is 3. The van der Waals surface area contributed by atoms with Crippen molar-refractivity contribution in [1.29, 1.82) is 0 Å². The molecule has 2 aromatic heterocycles. The average Bonchev–Trinajstić information content (AvgIpc) is 2.74. The molecule has 3 heterocycles. The Hall–Kier alpha value is -3.72. The molecule has 1 saturated heterocycles. The third-order valence-corrected chi connectivity index (χ3v) is 4.55. The lowest BCUT2D eigenvalue weighted by molar-refractivity contribution is -0.114. The van der Waals surface area contributed by atoms with E-state index in [0.29, 0.717) is 36.5 Å². The second-order valence-corrected chi connectivity index (χ2v) is 6.90. The Morgan fingerprint density at radius 3 is 2.63 bits per heavy atom. The minimum Gasteiger partial charge on any atom is -0.384 e. The van der Waals surface area contributed by atoms with Crippen LogP contribution in [0.15, 0.2) is 48.7 Å². The molecule has 1 amide bonds. The lowest BCUT2D eigenvalue weighted by atomic mass is 10.2. The number of hydrogen-bond acceptors (Lipinski definition) is 8. The van der Waals surface area contributed by atoms with Crippen molar-refractivity contribution in [2.45, 2.75) is 6.92 Å². The molecule has 1 fully saturated rings. The van der Waals surface area contributed by atoms with E-state index in [2.05, 4.69) is 20.5 Å². The summed E-state index contributed by atoms with van der Waals surface area (Å²) in [4.78, 5) is 27.1. The number of nitrogens with zero attached hydrogens (tertiary/aromatic N) is 4. The molecular weight excluding hydrogens is 382 g/mol. The van der Waals surface area contributed by atoms with Crippen molar-refractivity contribution in [3.63, 3.8) is 0 Å². The molecule has 3 aromatic rings. The largest absolute Gasteiger partial charge is 0.384 e. The van der Waals surface area contributed by atoms with E-state index in [4.69, 9.17) is 20.4 Å². The van der Waals surface area contributed by atoms with Crippen LogP contribution in [0.3, 0.4) is 0 Å². The summed E-state index contributed by atoms with van der Waals surface area (Å²) in [5.41, 5.74) is 8.81. The number of pyridine rings is 1. The van der Waals surface area contributed by atoms with E-state index in [9.17, 15) is 4.79 Å². The van der Waals surface area contributed by atoms with Crippen molar-refractivity contribution < 1.29 is 9.53 Å². The smallest absolute Gasteiger partial charge is 0.228 e. The number of carbonyl (C=O) groups is 1. The Morgan fingerprint density at radius 2 is 1.90 bits per heavy atom.